The molecule has 6 aliphatic rings. The van der Waals surface area contributed by atoms with E-state index in [1.54, 1.807) is 0 Å². The number of carbonyl (C=O) groups excluding carboxylic acids is 3. The predicted octanol–water partition coefficient (Wildman–Crippen LogP) is 4.36. The van der Waals surface area contributed by atoms with Crippen molar-refractivity contribution in [2.45, 2.75) is 91.0 Å². The van der Waals surface area contributed by atoms with Crippen molar-refractivity contribution in [3.8, 4) is 0 Å². The minimum absolute atomic E-state index is 0.0460. The van der Waals surface area contributed by atoms with Gasteiger partial charge in [-0.3, -0.25) is 14.4 Å². The maximum atomic E-state index is 14.0. The van der Waals surface area contributed by atoms with Gasteiger partial charge in [-0.25, -0.2) is 0 Å². The fraction of sp³-hybridized carbons (Fsp3) is 0.889. The van der Waals surface area contributed by atoms with E-state index in [0.29, 0.717) is 37.4 Å². The normalized spacial score (nSPS) is 57.2. The first-order valence-electron chi connectivity index (χ1n) is 13.0. The molecule has 2 heterocycles. The van der Waals surface area contributed by atoms with E-state index >= 15 is 0 Å². The molecular weight excluding hydrogens is 404 g/mol. The molecule has 0 N–H and O–H groups in total. The Bertz CT molecular complexity index is 871. The fourth-order valence-electron chi connectivity index (χ4n) is 9.53. The highest BCUT2D eigenvalue weighted by molar-refractivity contribution is 5.93. The standard InChI is InChI=1S/C27H38O5/c1-14-5-8-27(31-13-14)15(2)24-22(32-27)11-19-17-10-21(29)20-9-16(28)6-7-25(20,3)18(17)12-23(30)26(19,24)4/h14-15,17-20,22,24H,5-13H2,1-4H3/t14-,15+,17-,18+,19+,20-,22+,24+,25-,26-,27-/m1/s1. The lowest BCUT2D eigenvalue weighted by Gasteiger charge is -2.59. The number of hydrogen-bond donors (Lipinski definition) is 0. The van der Waals surface area contributed by atoms with Gasteiger partial charge >= 0.3 is 0 Å². The fourth-order valence-corrected chi connectivity index (χ4v) is 9.53. The van der Waals surface area contributed by atoms with E-state index in [0.717, 1.165) is 32.3 Å². The largest absolute Gasteiger partial charge is 0.349 e. The van der Waals surface area contributed by atoms with Crippen molar-refractivity contribution in [2.75, 3.05) is 6.61 Å². The lowest BCUT2D eigenvalue weighted by Crippen LogP contribution is -2.60. The molecule has 4 aliphatic carbocycles. The summed E-state index contributed by atoms with van der Waals surface area (Å²) in [6.07, 6.45) is 5.74. The lowest BCUT2D eigenvalue weighted by atomic mass is 9.44. The molecule has 176 valence electrons. The lowest BCUT2D eigenvalue weighted by molar-refractivity contribution is -0.272. The van der Waals surface area contributed by atoms with Crippen molar-refractivity contribution in [2.24, 2.45) is 52.3 Å². The van der Waals surface area contributed by atoms with Gasteiger partial charge in [0, 0.05) is 55.3 Å². The SMILES string of the molecule is C[C@@H]1CC[C@@]2(OC1)O[C@H]1C[C@H]3[C@@H]4CC(=O)[C@H]5CC(=O)CC[C@]5(C)[C@H]4CC(=O)[C@]3(C)[C@H]1[C@@H]2C. The number of carbonyl (C=O) groups is 3. The van der Waals surface area contributed by atoms with Gasteiger partial charge in [-0.1, -0.05) is 27.7 Å². The first-order valence-corrected chi connectivity index (χ1v) is 13.0. The molecule has 0 aromatic heterocycles. The van der Waals surface area contributed by atoms with E-state index in [4.69, 9.17) is 9.47 Å². The van der Waals surface area contributed by atoms with E-state index in [-0.39, 0.29) is 58.6 Å². The Labute approximate surface area is 191 Å². The zero-order valence-electron chi connectivity index (χ0n) is 20.0. The van der Waals surface area contributed by atoms with E-state index in [2.05, 4.69) is 27.7 Å². The summed E-state index contributed by atoms with van der Waals surface area (Å²) in [5, 5.41) is 0. The van der Waals surface area contributed by atoms with Crippen molar-refractivity contribution in [3.05, 3.63) is 0 Å². The highest BCUT2D eigenvalue weighted by Gasteiger charge is 2.72. The highest BCUT2D eigenvalue weighted by Crippen LogP contribution is 2.69. The summed E-state index contributed by atoms with van der Waals surface area (Å²) >= 11 is 0. The zero-order chi connectivity index (χ0) is 22.6. The van der Waals surface area contributed by atoms with Crippen molar-refractivity contribution in [1.29, 1.82) is 0 Å². The second kappa shape index (κ2) is 6.75. The Morgan fingerprint density at radius 3 is 2.47 bits per heavy atom. The topological polar surface area (TPSA) is 69.7 Å². The monoisotopic (exact) mass is 442 g/mol. The molecule has 2 aliphatic heterocycles. The van der Waals surface area contributed by atoms with Crippen LogP contribution < -0.4 is 0 Å². The van der Waals surface area contributed by atoms with Gasteiger partial charge in [-0.15, -0.1) is 0 Å². The molecule has 6 rings (SSSR count). The molecule has 4 saturated carbocycles. The van der Waals surface area contributed by atoms with Gasteiger partial charge in [0.2, 0.25) is 0 Å². The molecule has 0 aromatic carbocycles. The Balaban J connectivity index is 1.33. The van der Waals surface area contributed by atoms with Gasteiger partial charge in [0.05, 0.1) is 12.7 Å². The molecule has 2 saturated heterocycles. The second-order valence-corrected chi connectivity index (χ2v) is 12.7. The second-order valence-electron chi connectivity index (χ2n) is 12.7. The third kappa shape index (κ3) is 2.56. The summed E-state index contributed by atoms with van der Waals surface area (Å²) < 4.78 is 13.1. The molecule has 0 aromatic rings. The minimum Gasteiger partial charge on any atom is -0.349 e. The van der Waals surface area contributed by atoms with Crippen molar-refractivity contribution in [3.63, 3.8) is 0 Å². The predicted molar refractivity (Wildman–Crippen MR) is 118 cm³/mol. The van der Waals surface area contributed by atoms with Gasteiger partial charge in [-0.2, -0.15) is 0 Å². The van der Waals surface area contributed by atoms with E-state index in [9.17, 15) is 14.4 Å². The molecule has 5 heteroatoms. The van der Waals surface area contributed by atoms with Crippen LogP contribution in [-0.2, 0) is 23.9 Å². The number of ether oxygens (including phenoxy) is 2. The third-order valence-electron chi connectivity index (χ3n) is 11.4. The Hall–Kier alpha value is -1.07. The van der Waals surface area contributed by atoms with Crippen LogP contribution in [0.4, 0.5) is 0 Å². The van der Waals surface area contributed by atoms with Crippen LogP contribution in [0, 0.1) is 52.3 Å². The Kier molecular flexibility index (Phi) is 4.53. The first-order chi connectivity index (χ1) is 15.1. The molecule has 0 unspecified atom stereocenters. The van der Waals surface area contributed by atoms with E-state index in [1.807, 2.05) is 0 Å². The van der Waals surface area contributed by atoms with Crippen molar-refractivity contribution < 1.29 is 23.9 Å². The number of Topliss-reactive ketones (excluding diaryl/α,β-unsaturated/α-hetero) is 3. The minimum atomic E-state index is -0.532. The molecule has 0 radical (unpaired) electrons. The average Bonchev–Trinajstić information content (AvgIpc) is 3.19. The molecule has 11 atom stereocenters. The van der Waals surface area contributed by atoms with Crippen LogP contribution in [0.2, 0.25) is 0 Å². The summed E-state index contributed by atoms with van der Waals surface area (Å²) in [7, 11) is 0. The number of ketones is 3. The maximum Gasteiger partial charge on any atom is 0.171 e. The maximum absolute atomic E-state index is 14.0. The van der Waals surface area contributed by atoms with Crippen molar-refractivity contribution >= 4 is 17.3 Å². The van der Waals surface area contributed by atoms with Gasteiger partial charge in [-0.05, 0) is 48.3 Å². The van der Waals surface area contributed by atoms with Gasteiger partial charge in [0.25, 0.3) is 0 Å². The van der Waals surface area contributed by atoms with E-state index < -0.39 is 11.2 Å². The summed E-state index contributed by atoms with van der Waals surface area (Å²) in [6.45, 7) is 9.59. The Morgan fingerprint density at radius 2 is 1.75 bits per heavy atom. The molecule has 1 spiro atoms. The Morgan fingerprint density at radius 1 is 0.969 bits per heavy atom. The molecule has 5 nitrogen and oxygen atoms in total. The average molecular weight is 443 g/mol. The van der Waals surface area contributed by atoms with Gasteiger partial charge in [0.15, 0.2) is 5.79 Å². The molecule has 0 amide bonds. The number of hydrogen-bond acceptors (Lipinski definition) is 5. The summed E-state index contributed by atoms with van der Waals surface area (Å²) in [5.74, 6) is 1.72. The van der Waals surface area contributed by atoms with Crippen LogP contribution in [0.5, 0.6) is 0 Å². The van der Waals surface area contributed by atoms with Gasteiger partial charge in [0.1, 0.15) is 17.3 Å². The molecule has 6 fully saturated rings. The van der Waals surface area contributed by atoms with Crippen LogP contribution >= 0.6 is 0 Å². The molecule has 0 bridgehead atoms. The first kappa shape index (κ1) is 21.5. The summed E-state index contributed by atoms with van der Waals surface area (Å²) in [6, 6.07) is 0. The third-order valence-corrected chi connectivity index (χ3v) is 11.4. The number of fused-ring (bicyclic) bond motifs is 7. The quantitative estimate of drug-likeness (QED) is 0.557. The van der Waals surface area contributed by atoms with Crippen LogP contribution in [-0.4, -0.2) is 35.8 Å². The molecular formula is C27H38O5. The summed E-state index contributed by atoms with van der Waals surface area (Å²) in [4.78, 5) is 39.4. The van der Waals surface area contributed by atoms with Gasteiger partial charge < -0.3 is 9.47 Å². The molecule has 32 heavy (non-hydrogen) atoms. The number of rotatable bonds is 0. The highest BCUT2D eigenvalue weighted by atomic mass is 16.7. The van der Waals surface area contributed by atoms with Crippen LogP contribution in [0.3, 0.4) is 0 Å². The smallest absolute Gasteiger partial charge is 0.171 e. The van der Waals surface area contributed by atoms with Crippen molar-refractivity contribution in [1.82, 2.24) is 0 Å². The zero-order valence-corrected chi connectivity index (χ0v) is 20.0. The summed E-state index contributed by atoms with van der Waals surface area (Å²) in [5.41, 5.74) is -0.645. The van der Waals surface area contributed by atoms with Crippen LogP contribution in [0.1, 0.15) is 79.1 Å². The van der Waals surface area contributed by atoms with Crippen LogP contribution in [0.25, 0.3) is 0 Å². The van der Waals surface area contributed by atoms with E-state index in [1.165, 1.54) is 0 Å². The van der Waals surface area contributed by atoms with Crippen LogP contribution in [0.15, 0.2) is 0 Å².